The molecule has 0 aliphatic rings. The van der Waals surface area contributed by atoms with E-state index >= 15 is 0 Å². The SMILES string of the molecule is Cc1cc(OCCNc2ccncc2)cc(OS(=O)(=O)c2cccs2)c1. The Morgan fingerprint density at radius 3 is 2.62 bits per heavy atom. The molecule has 0 aliphatic carbocycles. The van der Waals surface area contributed by atoms with Crippen molar-refractivity contribution in [2.45, 2.75) is 11.1 Å². The van der Waals surface area contributed by atoms with E-state index in [1.807, 2.05) is 25.1 Å². The fourth-order valence-corrected chi connectivity index (χ4v) is 4.12. The quantitative estimate of drug-likeness (QED) is 0.467. The predicted molar refractivity (Wildman–Crippen MR) is 102 cm³/mol. The van der Waals surface area contributed by atoms with Gasteiger partial charge in [-0.15, -0.1) is 11.3 Å². The molecule has 0 atom stereocenters. The minimum Gasteiger partial charge on any atom is -0.492 e. The van der Waals surface area contributed by atoms with Gasteiger partial charge in [-0.1, -0.05) is 6.07 Å². The average molecular weight is 390 g/mol. The zero-order valence-electron chi connectivity index (χ0n) is 14.1. The molecule has 1 N–H and O–H groups in total. The number of pyridine rings is 1. The molecule has 0 unspecified atom stereocenters. The number of thiophene rings is 1. The molecule has 0 radical (unpaired) electrons. The lowest BCUT2D eigenvalue weighted by atomic mass is 10.2. The summed E-state index contributed by atoms with van der Waals surface area (Å²) in [6.45, 7) is 2.87. The first kappa shape index (κ1) is 18.2. The van der Waals surface area contributed by atoms with Gasteiger partial charge >= 0.3 is 10.1 Å². The maximum absolute atomic E-state index is 12.2. The van der Waals surface area contributed by atoms with Crippen molar-refractivity contribution in [3.8, 4) is 11.5 Å². The largest absolute Gasteiger partial charge is 0.492 e. The highest BCUT2D eigenvalue weighted by Crippen LogP contribution is 2.27. The van der Waals surface area contributed by atoms with E-state index in [1.165, 1.54) is 6.07 Å². The zero-order valence-corrected chi connectivity index (χ0v) is 15.7. The molecule has 3 rings (SSSR count). The molecular formula is C18H18N2O4S2. The summed E-state index contributed by atoms with van der Waals surface area (Å²) in [7, 11) is -3.82. The number of anilines is 1. The van der Waals surface area contributed by atoms with Gasteiger partial charge in [0.15, 0.2) is 4.21 Å². The highest BCUT2D eigenvalue weighted by atomic mass is 32.3. The van der Waals surface area contributed by atoms with E-state index in [9.17, 15) is 8.42 Å². The van der Waals surface area contributed by atoms with Crippen molar-refractivity contribution in [1.29, 1.82) is 0 Å². The summed E-state index contributed by atoms with van der Waals surface area (Å²) >= 11 is 1.12. The Hall–Kier alpha value is -2.58. The Morgan fingerprint density at radius 1 is 1.12 bits per heavy atom. The fraction of sp³-hybridized carbons (Fsp3) is 0.167. The molecule has 3 aromatic rings. The summed E-state index contributed by atoms with van der Waals surface area (Å²) in [5.41, 5.74) is 1.81. The van der Waals surface area contributed by atoms with Crippen LogP contribution < -0.4 is 14.2 Å². The number of rotatable bonds is 8. The molecule has 2 aromatic heterocycles. The molecule has 0 spiro atoms. The fourth-order valence-electron chi connectivity index (χ4n) is 2.25. The van der Waals surface area contributed by atoms with Gasteiger partial charge in [0.2, 0.25) is 0 Å². The number of aromatic nitrogens is 1. The Balaban J connectivity index is 1.60. The van der Waals surface area contributed by atoms with Crippen LogP contribution in [0.3, 0.4) is 0 Å². The Kier molecular flexibility index (Phi) is 5.75. The van der Waals surface area contributed by atoms with Crippen molar-refractivity contribution in [2.75, 3.05) is 18.5 Å². The van der Waals surface area contributed by atoms with Crippen molar-refractivity contribution >= 4 is 27.1 Å². The summed E-state index contributed by atoms with van der Waals surface area (Å²) < 4.78 is 35.6. The topological polar surface area (TPSA) is 77.5 Å². The lowest BCUT2D eigenvalue weighted by Gasteiger charge is -2.11. The van der Waals surface area contributed by atoms with Gasteiger partial charge in [-0.2, -0.15) is 8.42 Å². The van der Waals surface area contributed by atoms with Crippen molar-refractivity contribution in [1.82, 2.24) is 4.98 Å². The first-order valence-electron chi connectivity index (χ1n) is 7.89. The number of hydrogen-bond donors (Lipinski definition) is 1. The molecule has 2 heterocycles. The lowest BCUT2D eigenvalue weighted by molar-refractivity contribution is 0.331. The maximum Gasteiger partial charge on any atom is 0.348 e. The number of aryl methyl sites for hydroxylation is 1. The van der Waals surface area contributed by atoms with E-state index < -0.39 is 10.1 Å². The molecule has 0 amide bonds. The van der Waals surface area contributed by atoms with Gasteiger partial charge in [0.1, 0.15) is 18.1 Å². The minimum atomic E-state index is -3.82. The lowest BCUT2D eigenvalue weighted by Crippen LogP contribution is -2.12. The maximum atomic E-state index is 12.2. The van der Waals surface area contributed by atoms with Crippen LogP contribution in [0.25, 0.3) is 0 Å². The smallest absolute Gasteiger partial charge is 0.348 e. The molecular weight excluding hydrogens is 372 g/mol. The van der Waals surface area contributed by atoms with Gasteiger partial charge in [-0.3, -0.25) is 4.98 Å². The van der Waals surface area contributed by atoms with Crippen LogP contribution in [0.15, 0.2) is 64.4 Å². The zero-order chi connectivity index (χ0) is 18.4. The van der Waals surface area contributed by atoms with E-state index in [1.54, 1.807) is 36.0 Å². The first-order chi connectivity index (χ1) is 12.5. The summed E-state index contributed by atoms with van der Waals surface area (Å²) in [6.07, 6.45) is 3.42. The van der Waals surface area contributed by atoms with E-state index in [4.69, 9.17) is 8.92 Å². The third-order valence-electron chi connectivity index (χ3n) is 3.35. The van der Waals surface area contributed by atoms with E-state index in [-0.39, 0.29) is 9.96 Å². The van der Waals surface area contributed by atoms with E-state index in [0.717, 1.165) is 22.6 Å². The van der Waals surface area contributed by atoms with Crippen molar-refractivity contribution in [3.05, 3.63) is 65.8 Å². The summed E-state index contributed by atoms with van der Waals surface area (Å²) in [6, 6.07) is 12.0. The summed E-state index contributed by atoms with van der Waals surface area (Å²) in [4.78, 5) is 3.95. The van der Waals surface area contributed by atoms with Gasteiger partial charge in [-0.25, -0.2) is 0 Å². The predicted octanol–water partition coefficient (Wildman–Crippen LogP) is 3.71. The number of nitrogens with one attached hydrogen (secondary N) is 1. The van der Waals surface area contributed by atoms with Crippen LogP contribution in [0.5, 0.6) is 11.5 Å². The minimum absolute atomic E-state index is 0.169. The van der Waals surface area contributed by atoms with Crippen LogP contribution in [0.2, 0.25) is 0 Å². The highest BCUT2D eigenvalue weighted by molar-refractivity contribution is 7.89. The number of ether oxygens (including phenoxy) is 1. The van der Waals surface area contributed by atoms with Crippen LogP contribution >= 0.6 is 11.3 Å². The van der Waals surface area contributed by atoms with E-state index in [0.29, 0.717) is 18.9 Å². The Bertz CT molecular complexity index is 943. The monoisotopic (exact) mass is 390 g/mol. The molecule has 6 nitrogen and oxygen atoms in total. The van der Waals surface area contributed by atoms with Crippen LogP contribution in [0, 0.1) is 6.92 Å². The van der Waals surface area contributed by atoms with Crippen LogP contribution in [0.1, 0.15) is 5.56 Å². The molecule has 26 heavy (non-hydrogen) atoms. The van der Waals surface area contributed by atoms with Gasteiger partial charge in [-0.05, 0) is 48.2 Å². The third-order valence-corrected chi connectivity index (χ3v) is 5.96. The number of benzene rings is 1. The van der Waals surface area contributed by atoms with Crippen molar-refractivity contribution in [3.63, 3.8) is 0 Å². The molecule has 0 saturated carbocycles. The molecule has 0 fully saturated rings. The normalized spacial score (nSPS) is 11.1. The molecule has 1 aromatic carbocycles. The van der Waals surface area contributed by atoms with Gasteiger partial charge in [0.05, 0.1) is 0 Å². The second-order valence-corrected chi connectivity index (χ2v) is 8.18. The molecule has 0 bridgehead atoms. The standard InChI is InChI=1S/C18H18N2O4S2/c1-14-11-16(23-9-8-20-15-4-6-19-7-5-15)13-17(12-14)24-26(21,22)18-3-2-10-25-18/h2-7,10-13H,8-9H2,1H3,(H,19,20). The van der Waals surface area contributed by atoms with Crippen LogP contribution in [-0.4, -0.2) is 26.6 Å². The van der Waals surface area contributed by atoms with Gasteiger partial charge in [0, 0.05) is 30.7 Å². The third kappa shape index (κ3) is 4.96. The highest BCUT2D eigenvalue weighted by Gasteiger charge is 2.18. The second kappa shape index (κ2) is 8.20. The Morgan fingerprint density at radius 2 is 1.88 bits per heavy atom. The van der Waals surface area contributed by atoms with Crippen LogP contribution in [0.4, 0.5) is 5.69 Å². The van der Waals surface area contributed by atoms with Crippen LogP contribution in [-0.2, 0) is 10.1 Å². The average Bonchev–Trinajstić information content (AvgIpc) is 3.14. The van der Waals surface area contributed by atoms with E-state index in [2.05, 4.69) is 10.3 Å². The summed E-state index contributed by atoms with van der Waals surface area (Å²) in [5.74, 6) is 0.786. The van der Waals surface area contributed by atoms with Crippen molar-refractivity contribution in [2.24, 2.45) is 0 Å². The number of nitrogens with zero attached hydrogens (tertiary/aromatic N) is 1. The molecule has 0 saturated heterocycles. The molecule has 8 heteroatoms. The first-order valence-corrected chi connectivity index (χ1v) is 10.2. The van der Waals surface area contributed by atoms with Crippen molar-refractivity contribution < 1.29 is 17.3 Å². The second-order valence-electron chi connectivity index (χ2n) is 5.46. The number of hydrogen-bond acceptors (Lipinski definition) is 7. The molecule has 0 aliphatic heterocycles. The van der Waals surface area contributed by atoms with Gasteiger partial charge < -0.3 is 14.2 Å². The molecule has 136 valence electrons. The Labute approximate surface area is 156 Å². The van der Waals surface area contributed by atoms with Gasteiger partial charge in [0.25, 0.3) is 0 Å². The summed E-state index contributed by atoms with van der Waals surface area (Å²) in [5, 5.41) is 4.90.